The Hall–Kier alpha value is -0.940. The fraction of sp³-hybridized carbons (Fsp3) is 0.917. The molecule has 0 N–H and O–H groups in total. The maximum absolute atomic E-state index is 13.0. The monoisotopic (exact) mass is 404 g/mol. The third kappa shape index (κ3) is 4.14. The van der Waals surface area contributed by atoms with Gasteiger partial charge in [0, 0.05) is 11.8 Å². The lowest BCUT2D eigenvalue weighted by Crippen LogP contribution is -2.44. The average Bonchev–Trinajstić information content (AvgIpc) is 3.20. The van der Waals surface area contributed by atoms with Crippen molar-refractivity contribution < 1.29 is 23.8 Å². The van der Waals surface area contributed by atoms with E-state index in [0.717, 1.165) is 50.2 Å². The minimum Gasteiger partial charge on any atom is -0.462 e. The van der Waals surface area contributed by atoms with Crippen LogP contribution in [0.1, 0.15) is 77.0 Å². The van der Waals surface area contributed by atoms with E-state index in [1.54, 1.807) is 0 Å². The van der Waals surface area contributed by atoms with Crippen molar-refractivity contribution in [2.45, 2.75) is 89.4 Å². The predicted molar refractivity (Wildman–Crippen MR) is 107 cm³/mol. The molecule has 0 amide bonds. The smallest absolute Gasteiger partial charge is 0.312 e. The zero-order valence-electron chi connectivity index (χ0n) is 17.6. The highest BCUT2D eigenvalue weighted by atomic mass is 16.7. The van der Waals surface area contributed by atoms with Crippen LogP contribution in [0.2, 0.25) is 0 Å². The van der Waals surface area contributed by atoms with Gasteiger partial charge in [-0.3, -0.25) is 4.79 Å². The number of rotatable bonds is 5. The van der Waals surface area contributed by atoms with Crippen LogP contribution in [0.25, 0.3) is 0 Å². The molecule has 5 aliphatic rings. The highest BCUT2D eigenvalue weighted by Gasteiger charge is 2.49. The maximum atomic E-state index is 13.0. The van der Waals surface area contributed by atoms with Crippen molar-refractivity contribution in [3.63, 3.8) is 0 Å². The second kappa shape index (κ2) is 8.30. The fourth-order valence-corrected chi connectivity index (χ4v) is 7.39. The van der Waals surface area contributed by atoms with E-state index in [9.17, 15) is 9.59 Å². The van der Waals surface area contributed by atoms with Crippen molar-refractivity contribution in [3.05, 3.63) is 0 Å². The molecule has 1 aliphatic heterocycles. The van der Waals surface area contributed by atoms with Gasteiger partial charge in [0.25, 0.3) is 0 Å². The van der Waals surface area contributed by atoms with Crippen molar-refractivity contribution in [1.29, 1.82) is 0 Å². The minimum atomic E-state index is -0.438. The molecule has 4 saturated carbocycles. The van der Waals surface area contributed by atoms with Gasteiger partial charge in [0.2, 0.25) is 0 Å². The largest absolute Gasteiger partial charge is 0.462 e. The standard InChI is InChI=1S/C24H36O5/c25-13-19-8-18-5-2-6-24(11-18,12-19)23(26)28-15-21-14-27-22(29-21)20-9-16-3-1-4-17(7-16)10-20/h13,16-22H,1-12,14-15H2. The molecule has 0 aromatic heterocycles. The molecule has 4 bridgehead atoms. The van der Waals surface area contributed by atoms with E-state index in [-0.39, 0.29) is 30.9 Å². The van der Waals surface area contributed by atoms with E-state index in [4.69, 9.17) is 14.2 Å². The molecule has 5 nitrogen and oxygen atoms in total. The number of carbonyl (C=O) groups excluding carboxylic acids is 2. The van der Waals surface area contributed by atoms with Crippen molar-refractivity contribution in [2.24, 2.45) is 35.0 Å². The van der Waals surface area contributed by atoms with Crippen LogP contribution in [-0.2, 0) is 23.8 Å². The Morgan fingerprint density at radius 2 is 1.79 bits per heavy atom. The molecule has 0 radical (unpaired) electrons. The zero-order chi connectivity index (χ0) is 19.8. The topological polar surface area (TPSA) is 61.8 Å². The number of esters is 1. The Balaban J connectivity index is 1.13. The van der Waals surface area contributed by atoms with E-state index < -0.39 is 5.41 Å². The van der Waals surface area contributed by atoms with E-state index in [1.807, 2.05) is 0 Å². The van der Waals surface area contributed by atoms with Crippen molar-refractivity contribution in [2.75, 3.05) is 13.2 Å². The zero-order valence-corrected chi connectivity index (χ0v) is 17.6. The summed E-state index contributed by atoms with van der Waals surface area (Å²) in [6.45, 7) is 0.809. The Bertz CT molecular complexity index is 608. The highest BCUT2D eigenvalue weighted by Crippen LogP contribution is 2.51. The first-order valence-corrected chi connectivity index (χ1v) is 12.0. The molecule has 7 atom stereocenters. The number of ether oxygens (including phenoxy) is 3. The van der Waals surface area contributed by atoms with Crippen LogP contribution in [0.4, 0.5) is 0 Å². The minimum absolute atomic E-state index is 0.0165. The lowest BCUT2D eigenvalue weighted by Gasteiger charge is -2.45. The van der Waals surface area contributed by atoms with E-state index >= 15 is 0 Å². The van der Waals surface area contributed by atoms with Gasteiger partial charge in [-0.05, 0) is 62.7 Å². The number of fused-ring (bicyclic) bond motifs is 4. The first kappa shape index (κ1) is 20.0. The van der Waals surface area contributed by atoms with Gasteiger partial charge in [-0.15, -0.1) is 0 Å². The Morgan fingerprint density at radius 3 is 2.59 bits per heavy atom. The van der Waals surface area contributed by atoms with Crippen LogP contribution >= 0.6 is 0 Å². The summed E-state index contributed by atoms with van der Waals surface area (Å²) in [6, 6.07) is 0. The van der Waals surface area contributed by atoms with Crippen LogP contribution < -0.4 is 0 Å². The van der Waals surface area contributed by atoms with Crippen LogP contribution in [0, 0.1) is 35.0 Å². The van der Waals surface area contributed by atoms with E-state index in [0.29, 0.717) is 24.9 Å². The first-order chi connectivity index (χ1) is 14.1. The van der Waals surface area contributed by atoms with Crippen LogP contribution in [0.3, 0.4) is 0 Å². The number of aldehydes is 1. The molecule has 29 heavy (non-hydrogen) atoms. The maximum Gasteiger partial charge on any atom is 0.312 e. The highest BCUT2D eigenvalue weighted by molar-refractivity contribution is 5.78. The summed E-state index contributed by atoms with van der Waals surface area (Å²) in [5.41, 5.74) is -0.438. The summed E-state index contributed by atoms with van der Waals surface area (Å²) in [4.78, 5) is 24.4. The second-order valence-corrected chi connectivity index (χ2v) is 10.8. The second-order valence-electron chi connectivity index (χ2n) is 10.8. The van der Waals surface area contributed by atoms with E-state index in [1.165, 1.54) is 38.5 Å². The molecule has 7 unspecified atom stereocenters. The molecular weight excluding hydrogens is 368 g/mol. The molecule has 162 valence electrons. The van der Waals surface area contributed by atoms with E-state index in [2.05, 4.69) is 0 Å². The predicted octanol–water partition coefficient (Wildman–Crippen LogP) is 4.27. The van der Waals surface area contributed by atoms with Gasteiger partial charge in [0.05, 0.1) is 12.0 Å². The summed E-state index contributed by atoms with van der Waals surface area (Å²) in [5.74, 6) is 2.63. The third-order valence-electron chi connectivity index (χ3n) is 8.58. The van der Waals surface area contributed by atoms with Crippen molar-refractivity contribution >= 4 is 12.3 Å². The molecule has 5 rings (SSSR count). The average molecular weight is 405 g/mol. The summed E-state index contributed by atoms with van der Waals surface area (Å²) >= 11 is 0. The van der Waals surface area contributed by atoms with Gasteiger partial charge < -0.3 is 19.0 Å². The molecule has 5 heteroatoms. The molecule has 1 heterocycles. The first-order valence-electron chi connectivity index (χ1n) is 12.0. The number of carbonyl (C=O) groups is 2. The third-order valence-corrected chi connectivity index (χ3v) is 8.58. The Labute approximate surface area is 174 Å². The van der Waals surface area contributed by atoms with Gasteiger partial charge >= 0.3 is 5.97 Å². The SMILES string of the molecule is O=CC1CC2CCCC(C(=O)OCC3COC(C4CC5CCCC(C5)C4)O3)(C1)C2. The van der Waals surface area contributed by atoms with Crippen molar-refractivity contribution in [1.82, 2.24) is 0 Å². The number of hydrogen-bond donors (Lipinski definition) is 0. The van der Waals surface area contributed by atoms with Gasteiger partial charge in [-0.1, -0.05) is 32.1 Å². The van der Waals surface area contributed by atoms with Crippen LogP contribution in [0.15, 0.2) is 0 Å². The normalized spacial score (nSPS) is 46.8. The fourth-order valence-electron chi connectivity index (χ4n) is 7.39. The van der Waals surface area contributed by atoms with Gasteiger partial charge in [0.15, 0.2) is 6.29 Å². The molecule has 0 aromatic carbocycles. The van der Waals surface area contributed by atoms with Crippen molar-refractivity contribution in [3.8, 4) is 0 Å². The lowest BCUT2D eigenvalue weighted by molar-refractivity contribution is -0.169. The van der Waals surface area contributed by atoms with Gasteiger partial charge in [-0.25, -0.2) is 0 Å². The summed E-state index contributed by atoms with van der Waals surface area (Å²) in [5, 5.41) is 0. The van der Waals surface area contributed by atoms with Crippen LogP contribution in [-0.4, -0.2) is 37.9 Å². The summed E-state index contributed by atoms with van der Waals surface area (Å²) < 4.78 is 18.0. The Morgan fingerprint density at radius 1 is 1.00 bits per heavy atom. The van der Waals surface area contributed by atoms with Gasteiger partial charge in [-0.2, -0.15) is 0 Å². The number of hydrogen-bond acceptors (Lipinski definition) is 5. The molecule has 0 aromatic rings. The summed E-state index contributed by atoms with van der Waals surface area (Å²) in [7, 11) is 0. The molecule has 0 spiro atoms. The molecule has 5 fully saturated rings. The quantitative estimate of drug-likeness (QED) is 0.506. The molecular formula is C24H36O5. The molecule has 4 aliphatic carbocycles. The Kier molecular flexibility index (Phi) is 5.72. The van der Waals surface area contributed by atoms with Crippen LogP contribution in [0.5, 0.6) is 0 Å². The molecule has 1 saturated heterocycles. The summed E-state index contributed by atoms with van der Waals surface area (Å²) in [6.07, 6.45) is 14.4. The lowest BCUT2D eigenvalue weighted by atomic mass is 9.59. The van der Waals surface area contributed by atoms with Gasteiger partial charge in [0.1, 0.15) is 19.0 Å².